The Morgan fingerprint density at radius 1 is 1.38 bits per heavy atom. The number of thiazole rings is 1. The summed E-state index contributed by atoms with van der Waals surface area (Å²) < 4.78 is 48.0. The molecule has 2 rings (SSSR count). The minimum atomic E-state index is -4.42. The topological polar surface area (TPSA) is 60.5 Å². The van der Waals surface area contributed by atoms with Crippen LogP contribution in [0.15, 0.2) is 29.6 Å². The summed E-state index contributed by atoms with van der Waals surface area (Å²) >= 11 is 1.20. The van der Waals surface area contributed by atoms with Gasteiger partial charge in [0.1, 0.15) is 23.1 Å². The van der Waals surface area contributed by atoms with Gasteiger partial charge >= 0.3 is 6.18 Å². The number of carbonyl (C=O) groups excluding carboxylic acids is 1. The first kappa shape index (κ1) is 18.2. The minimum absolute atomic E-state index is 0.0165. The van der Waals surface area contributed by atoms with Crippen LogP contribution in [0, 0.1) is 0 Å². The quantitative estimate of drug-likeness (QED) is 0.771. The zero-order valence-electron chi connectivity index (χ0n) is 12.7. The zero-order chi connectivity index (χ0) is 17.6. The van der Waals surface area contributed by atoms with Gasteiger partial charge in [-0.1, -0.05) is 6.07 Å². The molecule has 0 saturated carbocycles. The van der Waals surface area contributed by atoms with Crippen LogP contribution >= 0.6 is 11.3 Å². The van der Waals surface area contributed by atoms with Crippen LogP contribution in [0.1, 0.15) is 21.1 Å². The van der Waals surface area contributed by atoms with Gasteiger partial charge in [-0.15, -0.1) is 11.3 Å². The van der Waals surface area contributed by atoms with Gasteiger partial charge in [0.25, 0.3) is 5.91 Å². The maximum Gasteiger partial charge on any atom is 0.416 e. The van der Waals surface area contributed by atoms with Gasteiger partial charge in [-0.2, -0.15) is 13.2 Å². The summed E-state index contributed by atoms with van der Waals surface area (Å²) in [6.45, 7) is 0.738. The van der Waals surface area contributed by atoms with Gasteiger partial charge in [-0.05, 0) is 18.2 Å². The standard InChI is InChI=1S/C15H15F3N2O3S/c1-22-6-5-19-14(21)12-9-24-13(20-12)8-23-11-4-2-3-10(7-11)15(16,17)18/h2-4,7,9H,5-6,8H2,1H3,(H,19,21). The minimum Gasteiger partial charge on any atom is -0.486 e. The Bertz CT molecular complexity index is 689. The average molecular weight is 360 g/mol. The summed E-state index contributed by atoms with van der Waals surface area (Å²) in [6.07, 6.45) is -4.42. The Morgan fingerprint density at radius 3 is 2.88 bits per heavy atom. The Balaban J connectivity index is 1.92. The molecule has 9 heteroatoms. The van der Waals surface area contributed by atoms with E-state index in [1.807, 2.05) is 0 Å². The van der Waals surface area contributed by atoms with Crippen molar-refractivity contribution in [2.45, 2.75) is 12.8 Å². The number of rotatable bonds is 7. The largest absolute Gasteiger partial charge is 0.486 e. The summed E-state index contributed by atoms with van der Waals surface area (Å²) in [5, 5.41) is 4.68. The van der Waals surface area contributed by atoms with E-state index in [4.69, 9.17) is 9.47 Å². The molecule has 0 fully saturated rings. The van der Waals surface area contributed by atoms with Crippen molar-refractivity contribution in [3.8, 4) is 5.75 Å². The van der Waals surface area contributed by atoms with E-state index < -0.39 is 11.7 Å². The van der Waals surface area contributed by atoms with Gasteiger partial charge in [-0.3, -0.25) is 4.79 Å². The molecule has 0 radical (unpaired) electrons. The molecule has 130 valence electrons. The van der Waals surface area contributed by atoms with Crippen molar-refractivity contribution in [1.29, 1.82) is 0 Å². The molecule has 1 aromatic carbocycles. The van der Waals surface area contributed by atoms with Gasteiger partial charge in [0.15, 0.2) is 0 Å². The lowest BCUT2D eigenvalue weighted by atomic mass is 10.2. The van der Waals surface area contributed by atoms with Crippen molar-refractivity contribution in [3.05, 3.63) is 45.9 Å². The first-order chi connectivity index (χ1) is 11.4. The lowest BCUT2D eigenvalue weighted by Crippen LogP contribution is -2.27. The Morgan fingerprint density at radius 2 is 2.17 bits per heavy atom. The molecule has 0 spiro atoms. The molecule has 0 atom stereocenters. The number of amides is 1. The van der Waals surface area contributed by atoms with Crippen molar-refractivity contribution >= 4 is 17.2 Å². The molecular formula is C15H15F3N2O3S. The Labute approximate surface area is 140 Å². The highest BCUT2D eigenvalue weighted by molar-refractivity contribution is 7.09. The van der Waals surface area contributed by atoms with Gasteiger partial charge in [0.05, 0.1) is 12.2 Å². The van der Waals surface area contributed by atoms with Crippen LogP contribution in [0.5, 0.6) is 5.75 Å². The lowest BCUT2D eigenvalue weighted by molar-refractivity contribution is -0.137. The molecule has 0 unspecified atom stereocenters. The van der Waals surface area contributed by atoms with Crippen LogP contribution in [-0.2, 0) is 17.5 Å². The molecular weight excluding hydrogens is 345 g/mol. The van der Waals surface area contributed by atoms with E-state index in [2.05, 4.69) is 10.3 Å². The third-order valence-corrected chi connectivity index (χ3v) is 3.72. The predicted octanol–water partition coefficient (Wildman–Crippen LogP) is 3.12. The summed E-state index contributed by atoms with van der Waals surface area (Å²) in [5.41, 5.74) is -0.545. The summed E-state index contributed by atoms with van der Waals surface area (Å²) in [5.74, 6) is -0.250. The Hall–Kier alpha value is -2.13. The molecule has 1 heterocycles. The van der Waals surface area contributed by atoms with Crippen LogP contribution in [0.4, 0.5) is 13.2 Å². The van der Waals surface area contributed by atoms with Gasteiger partial charge in [0, 0.05) is 19.0 Å². The van der Waals surface area contributed by atoms with E-state index in [1.165, 1.54) is 30.6 Å². The van der Waals surface area contributed by atoms with E-state index in [9.17, 15) is 18.0 Å². The summed E-state index contributed by atoms with van der Waals surface area (Å²) in [6, 6.07) is 4.60. The van der Waals surface area contributed by atoms with E-state index in [1.54, 1.807) is 5.38 Å². The third-order valence-electron chi connectivity index (χ3n) is 2.90. The highest BCUT2D eigenvalue weighted by Gasteiger charge is 2.30. The van der Waals surface area contributed by atoms with Crippen molar-refractivity contribution in [2.24, 2.45) is 0 Å². The number of hydrogen-bond acceptors (Lipinski definition) is 5. The predicted molar refractivity (Wildman–Crippen MR) is 82.1 cm³/mol. The van der Waals surface area contributed by atoms with Crippen LogP contribution in [0.2, 0.25) is 0 Å². The van der Waals surface area contributed by atoms with Crippen LogP contribution in [0.25, 0.3) is 0 Å². The van der Waals surface area contributed by atoms with E-state index in [-0.39, 0.29) is 24.0 Å². The monoisotopic (exact) mass is 360 g/mol. The summed E-state index contributed by atoms with van der Waals surface area (Å²) in [4.78, 5) is 15.9. The molecule has 0 aliphatic carbocycles. The van der Waals surface area contributed by atoms with Crippen LogP contribution in [-0.4, -0.2) is 31.2 Å². The summed E-state index contributed by atoms with van der Waals surface area (Å²) in [7, 11) is 1.53. The van der Waals surface area contributed by atoms with E-state index in [0.29, 0.717) is 18.2 Å². The SMILES string of the molecule is COCCNC(=O)c1csc(COc2cccc(C(F)(F)F)c2)n1. The third kappa shape index (κ3) is 5.20. The van der Waals surface area contributed by atoms with Gasteiger partial charge in [-0.25, -0.2) is 4.98 Å². The fourth-order valence-electron chi connectivity index (χ4n) is 1.75. The second-order valence-electron chi connectivity index (χ2n) is 4.69. The van der Waals surface area contributed by atoms with Crippen LogP contribution < -0.4 is 10.1 Å². The highest BCUT2D eigenvalue weighted by atomic mass is 32.1. The molecule has 0 bridgehead atoms. The fraction of sp³-hybridized carbons (Fsp3) is 0.333. The Kier molecular flexibility index (Phi) is 6.16. The molecule has 1 aromatic heterocycles. The number of benzene rings is 1. The zero-order valence-corrected chi connectivity index (χ0v) is 13.5. The maximum atomic E-state index is 12.6. The van der Waals surface area contributed by atoms with E-state index in [0.717, 1.165) is 12.1 Å². The molecule has 1 amide bonds. The van der Waals surface area contributed by atoms with Crippen molar-refractivity contribution in [3.63, 3.8) is 0 Å². The highest BCUT2D eigenvalue weighted by Crippen LogP contribution is 2.31. The second kappa shape index (κ2) is 8.11. The van der Waals surface area contributed by atoms with Crippen molar-refractivity contribution in [1.82, 2.24) is 10.3 Å². The number of carbonyl (C=O) groups is 1. The first-order valence-corrected chi connectivity index (χ1v) is 7.79. The number of hydrogen-bond donors (Lipinski definition) is 1. The number of nitrogens with zero attached hydrogens (tertiary/aromatic N) is 1. The molecule has 24 heavy (non-hydrogen) atoms. The maximum absolute atomic E-state index is 12.6. The average Bonchev–Trinajstić information content (AvgIpc) is 3.02. The molecule has 0 aliphatic rings. The lowest BCUT2D eigenvalue weighted by Gasteiger charge is -2.09. The number of methoxy groups -OCH3 is 1. The van der Waals surface area contributed by atoms with Crippen LogP contribution in [0.3, 0.4) is 0 Å². The molecule has 5 nitrogen and oxygen atoms in total. The molecule has 1 N–H and O–H groups in total. The number of halogens is 3. The molecule has 0 saturated heterocycles. The number of alkyl halides is 3. The number of nitrogens with one attached hydrogen (secondary N) is 1. The first-order valence-electron chi connectivity index (χ1n) is 6.91. The van der Waals surface area contributed by atoms with Gasteiger partial charge in [0.2, 0.25) is 0 Å². The van der Waals surface area contributed by atoms with E-state index >= 15 is 0 Å². The second-order valence-corrected chi connectivity index (χ2v) is 5.63. The van der Waals surface area contributed by atoms with Crippen molar-refractivity contribution in [2.75, 3.05) is 20.3 Å². The normalized spacial score (nSPS) is 11.3. The van der Waals surface area contributed by atoms with Gasteiger partial charge < -0.3 is 14.8 Å². The molecule has 0 aliphatic heterocycles. The smallest absolute Gasteiger partial charge is 0.416 e. The number of aromatic nitrogens is 1. The number of ether oxygens (including phenoxy) is 2. The van der Waals surface area contributed by atoms with Crippen molar-refractivity contribution < 1.29 is 27.4 Å². The molecule has 2 aromatic rings. The fourth-order valence-corrected chi connectivity index (χ4v) is 2.43.